The highest BCUT2D eigenvalue weighted by Crippen LogP contribution is 2.17. The standard InChI is InChI=1S/C24H27FN4O3/c1-16(2)22(28-24(31)32-15-18-7-5-4-6-8-18)23(30)27-14-19-9-10-21(20(25)13-19)29-12-11-26-17(29)3/h4-13,16,22H,14-15H2,1-3H3,(H,27,30)(H,28,31)/t22-/m0/s1. The Bertz CT molecular complexity index is 1070. The third-order valence-electron chi connectivity index (χ3n) is 5.00. The summed E-state index contributed by atoms with van der Waals surface area (Å²) in [5.41, 5.74) is 1.84. The van der Waals surface area contributed by atoms with Crippen molar-refractivity contribution in [1.82, 2.24) is 20.2 Å². The zero-order chi connectivity index (χ0) is 23.1. The number of hydrogen-bond acceptors (Lipinski definition) is 4. The summed E-state index contributed by atoms with van der Waals surface area (Å²) in [6, 6.07) is 13.3. The average Bonchev–Trinajstić information content (AvgIpc) is 3.20. The van der Waals surface area contributed by atoms with Crippen LogP contribution < -0.4 is 10.6 Å². The number of amides is 2. The smallest absolute Gasteiger partial charge is 0.408 e. The number of halogens is 1. The first-order valence-electron chi connectivity index (χ1n) is 10.4. The van der Waals surface area contributed by atoms with Gasteiger partial charge in [0, 0.05) is 18.9 Å². The van der Waals surface area contributed by atoms with Gasteiger partial charge < -0.3 is 19.9 Å². The van der Waals surface area contributed by atoms with Crippen LogP contribution in [-0.4, -0.2) is 27.6 Å². The lowest BCUT2D eigenvalue weighted by molar-refractivity contribution is -0.124. The first kappa shape index (κ1) is 23.0. The van der Waals surface area contributed by atoms with Gasteiger partial charge in [0.05, 0.1) is 5.69 Å². The molecule has 0 saturated heterocycles. The highest BCUT2D eigenvalue weighted by atomic mass is 19.1. The predicted octanol–water partition coefficient (Wildman–Crippen LogP) is 3.89. The van der Waals surface area contributed by atoms with Crippen molar-refractivity contribution < 1.29 is 18.7 Å². The van der Waals surface area contributed by atoms with Gasteiger partial charge in [-0.3, -0.25) is 4.79 Å². The normalized spacial score (nSPS) is 11.8. The molecule has 0 aliphatic heterocycles. The van der Waals surface area contributed by atoms with E-state index in [-0.39, 0.29) is 25.0 Å². The second-order valence-corrected chi connectivity index (χ2v) is 7.78. The number of alkyl carbamates (subject to hydrolysis) is 1. The molecule has 3 aromatic rings. The number of nitrogens with zero attached hydrogens (tertiary/aromatic N) is 2. The van der Waals surface area contributed by atoms with Crippen molar-refractivity contribution in [3.05, 3.63) is 83.7 Å². The zero-order valence-corrected chi connectivity index (χ0v) is 18.3. The lowest BCUT2D eigenvalue weighted by atomic mass is 10.0. The minimum Gasteiger partial charge on any atom is -0.445 e. The maximum atomic E-state index is 14.6. The van der Waals surface area contributed by atoms with Crippen LogP contribution in [0, 0.1) is 18.7 Å². The van der Waals surface area contributed by atoms with E-state index in [4.69, 9.17) is 4.74 Å². The van der Waals surface area contributed by atoms with E-state index in [0.717, 1.165) is 5.56 Å². The molecule has 0 aliphatic rings. The van der Waals surface area contributed by atoms with Crippen molar-refractivity contribution in [2.75, 3.05) is 0 Å². The number of ether oxygens (including phenoxy) is 1. The molecule has 3 rings (SSSR count). The Kier molecular flexibility index (Phi) is 7.59. The average molecular weight is 439 g/mol. The molecule has 2 amide bonds. The van der Waals surface area contributed by atoms with Crippen LogP contribution in [0.15, 0.2) is 60.9 Å². The molecular weight excluding hydrogens is 411 g/mol. The lowest BCUT2D eigenvalue weighted by Crippen LogP contribution is -2.49. The van der Waals surface area contributed by atoms with Gasteiger partial charge in [-0.25, -0.2) is 14.2 Å². The Morgan fingerprint density at radius 2 is 1.88 bits per heavy atom. The van der Waals surface area contributed by atoms with Gasteiger partial charge in [-0.2, -0.15) is 0 Å². The Labute approximate surface area is 186 Å². The number of aryl methyl sites for hydroxylation is 1. The van der Waals surface area contributed by atoms with Crippen molar-refractivity contribution >= 4 is 12.0 Å². The van der Waals surface area contributed by atoms with E-state index >= 15 is 0 Å². The predicted molar refractivity (Wildman–Crippen MR) is 118 cm³/mol. The SMILES string of the molecule is Cc1nccn1-c1ccc(CNC(=O)[C@@H](NC(=O)OCc2ccccc2)C(C)C)cc1F. The fraction of sp³-hybridized carbons (Fsp3) is 0.292. The number of benzene rings is 2. The molecule has 168 valence electrons. The molecular formula is C24H27FN4O3. The number of imidazole rings is 1. The van der Waals surface area contributed by atoms with Crippen molar-refractivity contribution in [1.29, 1.82) is 0 Å². The number of hydrogen-bond donors (Lipinski definition) is 2. The van der Waals surface area contributed by atoms with Gasteiger partial charge in [0.1, 0.15) is 24.3 Å². The third-order valence-corrected chi connectivity index (χ3v) is 5.00. The first-order chi connectivity index (χ1) is 15.3. The van der Waals surface area contributed by atoms with Gasteiger partial charge >= 0.3 is 6.09 Å². The van der Waals surface area contributed by atoms with Gasteiger partial charge in [-0.15, -0.1) is 0 Å². The van der Waals surface area contributed by atoms with Crippen LogP contribution in [0.1, 0.15) is 30.8 Å². The van der Waals surface area contributed by atoms with E-state index in [0.29, 0.717) is 17.1 Å². The van der Waals surface area contributed by atoms with Crippen molar-refractivity contribution in [3.63, 3.8) is 0 Å². The molecule has 0 unspecified atom stereocenters. The second kappa shape index (κ2) is 10.6. The fourth-order valence-corrected chi connectivity index (χ4v) is 3.21. The maximum absolute atomic E-state index is 14.6. The van der Waals surface area contributed by atoms with Gasteiger partial charge in [0.25, 0.3) is 0 Å². The molecule has 7 nitrogen and oxygen atoms in total. The van der Waals surface area contributed by atoms with E-state index in [9.17, 15) is 14.0 Å². The molecule has 0 radical (unpaired) electrons. The van der Waals surface area contributed by atoms with Crippen LogP contribution in [0.2, 0.25) is 0 Å². The quantitative estimate of drug-likeness (QED) is 0.559. The summed E-state index contributed by atoms with van der Waals surface area (Å²) >= 11 is 0. The van der Waals surface area contributed by atoms with Gasteiger partial charge in [-0.1, -0.05) is 50.2 Å². The molecule has 1 atom stereocenters. The minimum absolute atomic E-state index is 0.112. The molecule has 0 spiro atoms. The second-order valence-electron chi connectivity index (χ2n) is 7.78. The molecule has 2 N–H and O–H groups in total. The number of carbonyl (C=O) groups excluding carboxylic acids is 2. The zero-order valence-electron chi connectivity index (χ0n) is 18.3. The summed E-state index contributed by atoms with van der Waals surface area (Å²) in [6.45, 7) is 5.68. The van der Waals surface area contributed by atoms with Crippen molar-refractivity contribution in [2.45, 2.75) is 40.0 Å². The fourth-order valence-electron chi connectivity index (χ4n) is 3.21. The summed E-state index contributed by atoms with van der Waals surface area (Å²) < 4.78 is 21.4. The number of nitrogens with one attached hydrogen (secondary N) is 2. The highest BCUT2D eigenvalue weighted by Gasteiger charge is 2.24. The summed E-state index contributed by atoms with van der Waals surface area (Å²) in [6.07, 6.45) is 2.62. The summed E-state index contributed by atoms with van der Waals surface area (Å²) in [4.78, 5) is 28.9. The molecule has 2 aromatic carbocycles. The first-order valence-corrected chi connectivity index (χ1v) is 10.4. The maximum Gasteiger partial charge on any atom is 0.408 e. The van der Waals surface area contributed by atoms with Crippen LogP contribution in [0.3, 0.4) is 0 Å². The topological polar surface area (TPSA) is 85.3 Å². The third kappa shape index (κ3) is 5.94. The summed E-state index contributed by atoms with van der Waals surface area (Å²) in [7, 11) is 0. The van der Waals surface area contributed by atoms with Crippen LogP contribution in [0.4, 0.5) is 9.18 Å². The Morgan fingerprint density at radius 3 is 2.50 bits per heavy atom. The van der Waals surface area contributed by atoms with Crippen LogP contribution in [0.5, 0.6) is 0 Å². The summed E-state index contributed by atoms with van der Waals surface area (Å²) in [5, 5.41) is 5.37. The van der Waals surface area contributed by atoms with Crippen LogP contribution in [0.25, 0.3) is 5.69 Å². The molecule has 8 heteroatoms. The summed E-state index contributed by atoms with van der Waals surface area (Å²) in [5.74, 6) is -0.273. The molecule has 1 heterocycles. The van der Waals surface area contributed by atoms with Crippen LogP contribution >= 0.6 is 0 Å². The molecule has 0 bridgehead atoms. The van der Waals surface area contributed by atoms with E-state index in [1.807, 2.05) is 44.2 Å². The van der Waals surface area contributed by atoms with Crippen LogP contribution in [-0.2, 0) is 22.7 Å². The lowest BCUT2D eigenvalue weighted by Gasteiger charge is -2.21. The Balaban J connectivity index is 1.56. The van der Waals surface area contributed by atoms with E-state index in [2.05, 4.69) is 15.6 Å². The van der Waals surface area contributed by atoms with Crippen molar-refractivity contribution in [2.24, 2.45) is 5.92 Å². The minimum atomic E-state index is -0.781. The number of aromatic nitrogens is 2. The Morgan fingerprint density at radius 1 is 1.12 bits per heavy atom. The Hall–Kier alpha value is -3.68. The molecule has 1 aromatic heterocycles. The monoisotopic (exact) mass is 438 g/mol. The van der Waals surface area contributed by atoms with Gasteiger partial charge in [0.15, 0.2) is 0 Å². The molecule has 0 fully saturated rings. The van der Waals surface area contributed by atoms with Gasteiger partial charge in [0.2, 0.25) is 5.91 Å². The molecule has 32 heavy (non-hydrogen) atoms. The highest BCUT2D eigenvalue weighted by molar-refractivity contribution is 5.85. The number of rotatable bonds is 8. The van der Waals surface area contributed by atoms with Gasteiger partial charge in [-0.05, 0) is 36.1 Å². The molecule has 0 saturated carbocycles. The largest absolute Gasteiger partial charge is 0.445 e. The number of carbonyl (C=O) groups is 2. The molecule has 0 aliphatic carbocycles. The van der Waals surface area contributed by atoms with E-state index < -0.39 is 18.0 Å². The van der Waals surface area contributed by atoms with Crippen molar-refractivity contribution in [3.8, 4) is 5.69 Å². The van der Waals surface area contributed by atoms with E-state index in [1.165, 1.54) is 6.07 Å². The van der Waals surface area contributed by atoms with E-state index in [1.54, 1.807) is 36.0 Å².